The van der Waals surface area contributed by atoms with Crippen LogP contribution in [0, 0.1) is 5.82 Å². The number of hydrogen-bond donors (Lipinski definition) is 1. The number of halogens is 1. The zero-order valence-electron chi connectivity index (χ0n) is 11.7. The molecule has 2 aromatic rings. The highest BCUT2D eigenvalue weighted by atomic mass is 32.1. The zero-order chi connectivity index (χ0) is 16.1. The molecule has 0 saturated carbocycles. The molecular weight excluding hydrogens is 311 g/mol. The van der Waals surface area contributed by atoms with E-state index in [0.29, 0.717) is 0 Å². The van der Waals surface area contributed by atoms with Crippen LogP contribution in [0.25, 0.3) is 0 Å². The summed E-state index contributed by atoms with van der Waals surface area (Å²) in [5, 5.41) is 10.6. The van der Waals surface area contributed by atoms with E-state index in [1.54, 1.807) is 0 Å². The van der Waals surface area contributed by atoms with E-state index in [0.717, 1.165) is 23.5 Å². The van der Waals surface area contributed by atoms with E-state index in [1.165, 1.54) is 24.6 Å². The Balaban J connectivity index is 2.36. The van der Waals surface area contributed by atoms with Crippen LogP contribution in [0.4, 0.5) is 4.39 Å². The summed E-state index contributed by atoms with van der Waals surface area (Å²) in [6.07, 6.45) is 0. The number of rotatable bonds is 7. The summed E-state index contributed by atoms with van der Waals surface area (Å²) in [5.41, 5.74) is 0.0321. The van der Waals surface area contributed by atoms with Crippen LogP contribution in [-0.2, 0) is 4.74 Å². The van der Waals surface area contributed by atoms with Gasteiger partial charge in [-0.2, -0.15) is 0 Å². The molecule has 0 spiro atoms. The normalized spacial score (nSPS) is 10.5. The highest BCUT2D eigenvalue weighted by molar-refractivity contribution is 7.12. The lowest BCUT2D eigenvalue weighted by atomic mass is 10.1. The number of carboxylic acid groups (broad SMARTS) is 1. The third kappa shape index (κ3) is 3.49. The molecule has 1 aromatic heterocycles. The van der Waals surface area contributed by atoms with Crippen molar-refractivity contribution in [2.75, 3.05) is 20.3 Å². The number of carbonyl (C=O) groups is 2. The fraction of sp³-hybridized carbons (Fsp3) is 0.200. The van der Waals surface area contributed by atoms with Crippen molar-refractivity contribution < 1.29 is 28.6 Å². The van der Waals surface area contributed by atoms with Gasteiger partial charge >= 0.3 is 5.97 Å². The fourth-order valence-corrected chi connectivity index (χ4v) is 2.65. The second-order valence-corrected chi connectivity index (χ2v) is 5.20. The first-order chi connectivity index (χ1) is 10.5. The quantitative estimate of drug-likeness (QED) is 0.626. The van der Waals surface area contributed by atoms with E-state index in [2.05, 4.69) is 0 Å². The molecule has 1 N–H and O–H groups in total. The van der Waals surface area contributed by atoms with Gasteiger partial charge in [-0.05, 0) is 23.6 Å². The molecule has 0 atom stereocenters. The molecule has 116 valence electrons. The van der Waals surface area contributed by atoms with Crippen LogP contribution in [0.3, 0.4) is 0 Å². The molecule has 0 aliphatic carbocycles. The van der Waals surface area contributed by atoms with Gasteiger partial charge in [0, 0.05) is 13.2 Å². The molecule has 0 bridgehead atoms. The van der Waals surface area contributed by atoms with Crippen LogP contribution in [-0.4, -0.2) is 37.2 Å². The second-order valence-electron chi connectivity index (χ2n) is 4.28. The second kappa shape index (κ2) is 7.15. The summed E-state index contributed by atoms with van der Waals surface area (Å²) in [7, 11) is 1.49. The van der Waals surface area contributed by atoms with Crippen LogP contribution in [0.1, 0.15) is 25.6 Å². The average Bonchev–Trinajstić information content (AvgIpc) is 2.97. The van der Waals surface area contributed by atoms with Gasteiger partial charge in [0.2, 0.25) is 5.78 Å². The van der Waals surface area contributed by atoms with Crippen LogP contribution in [0.5, 0.6) is 5.75 Å². The van der Waals surface area contributed by atoms with E-state index in [1.807, 2.05) is 0 Å². The molecule has 1 aromatic carbocycles. The summed E-state index contributed by atoms with van der Waals surface area (Å²) in [6.45, 7) is 0.431. The molecule has 0 unspecified atom stereocenters. The van der Waals surface area contributed by atoms with Crippen LogP contribution in [0.15, 0.2) is 29.6 Å². The third-order valence-electron chi connectivity index (χ3n) is 2.84. The molecule has 0 aliphatic heterocycles. The van der Waals surface area contributed by atoms with E-state index >= 15 is 0 Å². The van der Waals surface area contributed by atoms with E-state index in [-0.39, 0.29) is 35.0 Å². The molecule has 0 fully saturated rings. The molecule has 0 amide bonds. The largest absolute Gasteiger partial charge is 0.490 e. The molecule has 1 heterocycles. The maximum Gasteiger partial charge on any atom is 0.337 e. The standard InChI is InChI=1S/C15H13FO5S/c1-20-5-6-21-12-8-9(16)2-3-10(12)13(17)14-11(15(18)19)4-7-22-14/h2-4,7-8H,5-6H2,1H3,(H,18,19). The number of hydrogen-bond acceptors (Lipinski definition) is 5. The Kier molecular flexibility index (Phi) is 5.24. The molecule has 22 heavy (non-hydrogen) atoms. The van der Waals surface area contributed by atoms with Crippen LogP contribution in [0.2, 0.25) is 0 Å². The Hall–Kier alpha value is -2.25. The minimum Gasteiger partial charge on any atom is -0.490 e. The third-order valence-corrected chi connectivity index (χ3v) is 3.75. The van der Waals surface area contributed by atoms with Crippen molar-refractivity contribution in [1.29, 1.82) is 0 Å². The van der Waals surface area contributed by atoms with E-state index in [9.17, 15) is 14.0 Å². The highest BCUT2D eigenvalue weighted by Gasteiger charge is 2.22. The van der Waals surface area contributed by atoms with Crippen molar-refractivity contribution in [1.82, 2.24) is 0 Å². The lowest BCUT2D eigenvalue weighted by Gasteiger charge is -2.10. The number of carbonyl (C=O) groups excluding carboxylic acids is 1. The number of methoxy groups -OCH3 is 1. The minimum atomic E-state index is -1.19. The summed E-state index contributed by atoms with van der Waals surface area (Å²) in [5.74, 6) is -2.19. The number of aromatic carboxylic acids is 1. The maximum absolute atomic E-state index is 13.4. The zero-order valence-corrected chi connectivity index (χ0v) is 12.5. The minimum absolute atomic E-state index is 0.0618. The number of ketones is 1. The van der Waals surface area contributed by atoms with Crippen molar-refractivity contribution in [3.63, 3.8) is 0 Å². The molecule has 2 rings (SSSR count). The number of carboxylic acids is 1. The van der Waals surface area contributed by atoms with E-state index in [4.69, 9.17) is 14.6 Å². The Morgan fingerprint density at radius 3 is 2.68 bits per heavy atom. The smallest absolute Gasteiger partial charge is 0.337 e. The lowest BCUT2D eigenvalue weighted by molar-refractivity contribution is 0.0693. The predicted octanol–water partition coefficient (Wildman–Crippen LogP) is 2.84. The van der Waals surface area contributed by atoms with Gasteiger partial charge in [0.15, 0.2) is 0 Å². The first kappa shape index (κ1) is 16.1. The van der Waals surface area contributed by atoms with Gasteiger partial charge in [-0.25, -0.2) is 9.18 Å². The molecule has 0 saturated heterocycles. The first-order valence-corrected chi connectivity index (χ1v) is 7.19. The molecular formula is C15H13FO5S. The van der Waals surface area contributed by atoms with Gasteiger partial charge in [0.25, 0.3) is 0 Å². The SMILES string of the molecule is COCCOc1cc(F)ccc1C(=O)c1sccc1C(=O)O. The summed E-state index contributed by atoms with van der Waals surface area (Å²) in [4.78, 5) is 23.7. The predicted molar refractivity (Wildman–Crippen MR) is 78.5 cm³/mol. The fourth-order valence-electron chi connectivity index (χ4n) is 1.81. The Bertz CT molecular complexity index is 695. The van der Waals surface area contributed by atoms with Crippen LogP contribution >= 0.6 is 11.3 Å². The topological polar surface area (TPSA) is 72.8 Å². The average molecular weight is 324 g/mol. The van der Waals surface area contributed by atoms with Crippen LogP contribution < -0.4 is 4.74 Å². The van der Waals surface area contributed by atoms with Gasteiger partial charge in [0.05, 0.1) is 22.6 Å². The van der Waals surface area contributed by atoms with Gasteiger partial charge < -0.3 is 14.6 Å². The Morgan fingerprint density at radius 2 is 2.00 bits per heavy atom. The van der Waals surface area contributed by atoms with Gasteiger partial charge in [-0.15, -0.1) is 11.3 Å². The van der Waals surface area contributed by atoms with Gasteiger partial charge in [0.1, 0.15) is 18.2 Å². The van der Waals surface area contributed by atoms with Crippen molar-refractivity contribution in [3.8, 4) is 5.75 Å². The van der Waals surface area contributed by atoms with Crippen molar-refractivity contribution in [3.05, 3.63) is 51.5 Å². The van der Waals surface area contributed by atoms with Gasteiger partial charge in [-0.3, -0.25) is 4.79 Å². The van der Waals surface area contributed by atoms with Crippen molar-refractivity contribution in [2.24, 2.45) is 0 Å². The van der Waals surface area contributed by atoms with Crippen molar-refractivity contribution >= 4 is 23.1 Å². The summed E-state index contributed by atoms with van der Waals surface area (Å²) >= 11 is 1.02. The Morgan fingerprint density at radius 1 is 1.23 bits per heavy atom. The number of benzene rings is 1. The monoisotopic (exact) mass is 324 g/mol. The van der Waals surface area contributed by atoms with Crippen molar-refractivity contribution in [2.45, 2.75) is 0 Å². The van der Waals surface area contributed by atoms with E-state index < -0.39 is 17.6 Å². The number of thiophene rings is 1. The Labute approximate surface area is 129 Å². The number of ether oxygens (including phenoxy) is 2. The molecule has 5 nitrogen and oxygen atoms in total. The lowest BCUT2D eigenvalue weighted by Crippen LogP contribution is -2.11. The highest BCUT2D eigenvalue weighted by Crippen LogP contribution is 2.27. The molecule has 7 heteroatoms. The first-order valence-electron chi connectivity index (χ1n) is 6.31. The van der Waals surface area contributed by atoms with Gasteiger partial charge in [-0.1, -0.05) is 0 Å². The molecule has 0 radical (unpaired) electrons. The molecule has 0 aliphatic rings. The summed E-state index contributed by atoms with van der Waals surface area (Å²) < 4.78 is 23.5. The maximum atomic E-state index is 13.4. The summed E-state index contributed by atoms with van der Waals surface area (Å²) in [6, 6.07) is 4.86.